The van der Waals surface area contributed by atoms with Crippen molar-refractivity contribution in [3.63, 3.8) is 0 Å². The van der Waals surface area contributed by atoms with Gasteiger partial charge in [-0.15, -0.1) is 0 Å². The zero-order chi connectivity index (χ0) is 15.9. The molecule has 2 aliphatic rings. The molecule has 0 radical (unpaired) electrons. The normalized spacial score (nSPS) is 24.7. The number of hydrogen-bond acceptors (Lipinski definition) is 3. The molecular weight excluding hydrogens is 282 g/mol. The molecule has 3 rings (SSSR count). The van der Waals surface area contributed by atoms with Crippen LogP contribution in [-0.4, -0.2) is 45.2 Å². The number of aryl methyl sites for hydroxylation is 2. The highest BCUT2D eigenvalue weighted by Crippen LogP contribution is 2.44. The first-order valence-electron chi connectivity index (χ1n) is 7.98. The number of aromatic nitrogens is 2. The number of carboxylic acids is 1. The summed E-state index contributed by atoms with van der Waals surface area (Å²) in [5, 5.41) is 16.5. The van der Waals surface area contributed by atoms with Crippen molar-refractivity contribution in [3.8, 4) is 0 Å². The summed E-state index contributed by atoms with van der Waals surface area (Å²) in [5.74, 6) is -0.433. The van der Waals surface area contributed by atoms with Gasteiger partial charge in [0.15, 0.2) is 0 Å². The van der Waals surface area contributed by atoms with Crippen LogP contribution >= 0.6 is 0 Å². The molecule has 2 heterocycles. The first kappa shape index (κ1) is 15.1. The van der Waals surface area contributed by atoms with Crippen molar-refractivity contribution in [3.05, 3.63) is 17.0 Å². The molecule has 1 aromatic rings. The largest absolute Gasteiger partial charge is 0.481 e. The van der Waals surface area contributed by atoms with Crippen LogP contribution in [0.3, 0.4) is 0 Å². The van der Waals surface area contributed by atoms with Crippen molar-refractivity contribution in [2.75, 3.05) is 13.1 Å². The van der Waals surface area contributed by atoms with E-state index in [0.717, 1.165) is 29.8 Å². The van der Waals surface area contributed by atoms with Gasteiger partial charge < -0.3 is 10.0 Å². The molecule has 0 unspecified atom stereocenters. The SMILES string of the molecule is Cc1[nH]nc(CCC(=O)N2C[C@@H](C(=O)O)[C@H](C3CC3)C2)c1C. The molecular formula is C16H23N3O3. The van der Waals surface area contributed by atoms with Crippen LogP contribution in [0, 0.1) is 31.6 Å². The average Bonchev–Trinajstić information content (AvgIpc) is 3.15. The van der Waals surface area contributed by atoms with Crippen LogP contribution in [-0.2, 0) is 16.0 Å². The third kappa shape index (κ3) is 2.87. The first-order chi connectivity index (χ1) is 10.5. The number of carboxylic acid groups (broad SMARTS) is 1. The van der Waals surface area contributed by atoms with Crippen LogP contribution in [0.4, 0.5) is 0 Å². The summed E-state index contributed by atoms with van der Waals surface area (Å²) < 4.78 is 0. The molecule has 1 aromatic heterocycles. The molecule has 1 saturated heterocycles. The monoisotopic (exact) mass is 305 g/mol. The number of aliphatic carboxylic acids is 1. The van der Waals surface area contributed by atoms with Crippen molar-refractivity contribution in [1.82, 2.24) is 15.1 Å². The molecule has 120 valence electrons. The van der Waals surface area contributed by atoms with Gasteiger partial charge in [0.2, 0.25) is 5.91 Å². The Labute approximate surface area is 129 Å². The number of carbonyl (C=O) groups is 2. The van der Waals surface area contributed by atoms with Gasteiger partial charge in [-0.05, 0) is 44.1 Å². The second-order valence-electron chi connectivity index (χ2n) is 6.67. The molecule has 1 amide bonds. The topological polar surface area (TPSA) is 86.3 Å². The van der Waals surface area contributed by atoms with E-state index in [1.165, 1.54) is 0 Å². The predicted octanol–water partition coefficient (Wildman–Crippen LogP) is 1.53. The van der Waals surface area contributed by atoms with Crippen molar-refractivity contribution in [2.45, 2.75) is 39.5 Å². The number of rotatable bonds is 5. The number of amides is 1. The summed E-state index contributed by atoms with van der Waals surface area (Å²) >= 11 is 0. The standard InChI is InChI=1S/C16H23N3O3/c1-9-10(2)17-18-14(9)5-6-15(20)19-7-12(11-3-4-11)13(8-19)16(21)22/h11-13H,3-8H2,1-2H3,(H,17,18)(H,21,22)/t12-,13+/m0/s1. The van der Waals surface area contributed by atoms with E-state index in [9.17, 15) is 14.7 Å². The molecule has 6 nitrogen and oxygen atoms in total. The van der Waals surface area contributed by atoms with E-state index in [1.807, 2.05) is 13.8 Å². The summed E-state index contributed by atoms with van der Waals surface area (Å²) in [6.45, 7) is 4.94. The Morgan fingerprint density at radius 1 is 1.32 bits per heavy atom. The van der Waals surface area contributed by atoms with Crippen LogP contribution < -0.4 is 0 Å². The van der Waals surface area contributed by atoms with E-state index in [-0.39, 0.29) is 17.7 Å². The molecule has 1 aliphatic heterocycles. The molecule has 2 N–H and O–H groups in total. The molecule has 0 bridgehead atoms. The lowest BCUT2D eigenvalue weighted by atomic mass is 9.92. The number of hydrogen-bond donors (Lipinski definition) is 2. The zero-order valence-corrected chi connectivity index (χ0v) is 13.1. The summed E-state index contributed by atoms with van der Waals surface area (Å²) in [7, 11) is 0. The second-order valence-corrected chi connectivity index (χ2v) is 6.67. The summed E-state index contributed by atoms with van der Waals surface area (Å²) in [4.78, 5) is 25.5. The predicted molar refractivity (Wildman–Crippen MR) is 80.3 cm³/mol. The number of likely N-dealkylation sites (tertiary alicyclic amines) is 1. The Morgan fingerprint density at radius 3 is 2.59 bits per heavy atom. The van der Waals surface area contributed by atoms with Crippen molar-refractivity contribution in [2.24, 2.45) is 17.8 Å². The maximum Gasteiger partial charge on any atom is 0.308 e. The summed E-state index contributed by atoms with van der Waals surface area (Å²) in [6, 6.07) is 0. The fourth-order valence-electron chi connectivity index (χ4n) is 3.46. The number of aromatic amines is 1. The van der Waals surface area contributed by atoms with E-state index in [0.29, 0.717) is 31.8 Å². The lowest BCUT2D eigenvalue weighted by Gasteiger charge is -2.16. The number of carbonyl (C=O) groups excluding carboxylic acids is 1. The summed E-state index contributed by atoms with van der Waals surface area (Å²) in [6.07, 6.45) is 3.23. The molecule has 22 heavy (non-hydrogen) atoms. The quantitative estimate of drug-likeness (QED) is 0.863. The third-order valence-corrected chi connectivity index (χ3v) is 5.19. The minimum Gasteiger partial charge on any atom is -0.481 e. The minimum absolute atomic E-state index is 0.0504. The van der Waals surface area contributed by atoms with Crippen molar-refractivity contribution in [1.29, 1.82) is 0 Å². The number of nitrogens with zero attached hydrogens (tertiary/aromatic N) is 2. The highest BCUT2D eigenvalue weighted by atomic mass is 16.4. The van der Waals surface area contributed by atoms with Crippen LogP contribution in [0.5, 0.6) is 0 Å². The van der Waals surface area contributed by atoms with Crippen LogP contribution in [0.15, 0.2) is 0 Å². The van der Waals surface area contributed by atoms with Crippen LogP contribution in [0.1, 0.15) is 36.2 Å². The Hall–Kier alpha value is -1.85. The Morgan fingerprint density at radius 2 is 2.05 bits per heavy atom. The lowest BCUT2D eigenvalue weighted by Crippen LogP contribution is -2.30. The first-order valence-corrected chi connectivity index (χ1v) is 7.98. The van der Waals surface area contributed by atoms with E-state index in [4.69, 9.17) is 0 Å². The fourth-order valence-corrected chi connectivity index (χ4v) is 3.46. The lowest BCUT2D eigenvalue weighted by molar-refractivity contribution is -0.142. The van der Waals surface area contributed by atoms with Gasteiger partial charge in [-0.3, -0.25) is 14.7 Å². The zero-order valence-electron chi connectivity index (χ0n) is 13.1. The third-order valence-electron chi connectivity index (χ3n) is 5.19. The van der Waals surface area contributed by atoms with Gasteiger partial charge in [-0.1, -0.05) is 0 Å². The molecule has 6 heteroatoms. The van der Waals surface area contributed by atoms with E-state index in [1.54, 1.807) is 4.90 Å². The number of nitrogens with one attached hydrogen (secondary N) is 1. The molecule has 2 fully saturated rings. The highest BCUT2D eigenvalue weighted by molar-refractivity contribution is 5.79. The van der Waals surface area contributed by atoms with E-state index < -0.39 is 5.97 Å². The molecule has 1 aliphatic carbocycles. The van der Waals surface area contributed by atoms with Gasteiger partial charge in [0.05, 0.1) is 11.6 Å². The molecule has 2 atom stereocenters. The maximum atomic E-state index is 12.4. The van der Waals surface area contributed by atoms with Gasteiger partial charge in [0, 0.05) is 31.6 Å². The Balaban J connectivity index is 1.58. The molecule has 0 spiro atoms. The van der Waals surface area contributed by atoms with Crippen LogP contribution in [0.2, 0.25) is 0 Å². The van der Waals surface area contributed by atoms with Gasteiger partial charge >= 0.3 is 5.97 Å². The average molecular weight is 305 g/mol. The highest BCUT2D eigenvalue weighted by Gasteiger charge is 2.46. The van der Waals surface area contributed by atoms with E-state index in [2.05, 4.69) is 10.2 Å². The maximum absolute atomic E-state index is 12.4. The van der Waals surface area contributed by atoms with Crippen molar-refractivity contribution < 1.29 is 14.7 Å². The summed E-state index contributed by atoms with van der Waals surface area (Å²) in [5.41, 5.74) is 3.07. The van der Waals surface area contributed by atoms with Crippen molar-refractivity contribution >= 4 is 11.9 Å². The minimum atomic E-state index is -0.758. The van der Waals surface area contributed by atoms with Gasteiger partial charge in [0.1, 0.15) is 0 Å². The molecule has 1 saturated carbocycles. The number of H-pyrrole nitrogens is 1. The second kappa shape index (κ2) is 5.74. The van der Waals surface area contributed by atoms with E-state index >= 15 is 0 Å². The molecule has 0 aromatic carbocycles. The van der Waals surface area contributed by atoms with Gasteiger partial charge in [-0.25, -0.2) is 0 Å². The Bertz CT molecular complexity index is 591. The van der Waals surface area contributed by atoms with Gasteiger partial charge in [0.25, 0.3) is 0 Å². The van der Waals surface area contributed by atoms with Crippen LogP contribution in [0.25, 0.3) is 0 Å². The fraction of sp³-hybridized carbons (Fsp3) is 0.688. The Kier molecular flexibility index (Phi) is 3.93. The smallest absolute Gasteiger partial charge is 0.308 e. The van der Waals surface area contributed by atoms with Gasteiger partial charge in [-0.2, -0.15) is 5.10 Å².